The summed E-state index contributed by atoms with van der Waals surface area (Å²) in [6.45, 7) is 0. The molecule has 0 aromatic heterocycles. The summed E-state index contributed by atoms with van der Waals surface area (Å²) in [4.78, 5) is 11.1. The third-order valence-electron chi connectivity index (χ3n) is 2.64. The SMILES string of the molecule is O=C1CCCC(c2cc(F)c(F)c(F)c2)N1. The highest BCUT2D eigenvalue weighted by molar-refractivity contribution is 5.77. The van der Waals surface area contributed by atoms with E-state index in [9.17, 15) is 18.0 Å². The van der Waals surface area contributed by atoms with Crippen LogP contribution in [0.5, 0.6) is 0 Å². The summed E-state index contributed by atoms with van der Waals surface area (Å²) in [5.41, 5.74) is 0.268. The number of halogens is 3. The number of rotatable bonds is 1. The van der Waals surface area contributed by atoms with Crippen molar-refractivity contribution >= 4 is 5.91 Å². The minimum atomic E-state index is -1.48. The topological polar surface area (TPSA) is 29.1 Å². The molecular weight excluding hydrogens is 219 g/mol. The van der Waals surface area contributed by atoms with E-state index in [1.165, 1.54) is 0 Å². The Morgan fingerprint density at radius 1 is 1.19 bits per heavy atom. The van der Waals surface area contributed by atoms with Gasteiger partial charge in [0, 0.05) is 6.42 Å². The quantitative estimate of drug-likeness (QED) is 0.736. The smallest absolute Gasteiger partial charge is 0.220 e. The zero-order valence-corrected chi connectivity index (χ0v) is 8.40. The van der Waals surface area contributed by atoms with Crippen molar-refractivity contribution in [3.8, 4) is 0 Å². The number of benzene rings is 1. The molecule has 1 heterocycles. The fraction of sp³-hybridized carbons (Fsp3) is 0.364. The standard InChI is InChI=1S/C11H10F3NO/c12-7-4-6(5-8(13)11(7)14)9-2-1-3-10(16)15-9/h4-5,9H,1-3H2,(H,15,16). The Bertz CT molecular complexity index is 410. The first kappa shape index (κ1) is 11.0. The summed E-state index contributed by atoms with van der Waals surface area (Å²) in [7, 11) is 0. The molecule has 1 aromatic carbocycles. The molecule has 0 bridgehead atoms. The van der Waals surface area contributed by atoms with Gasteiger partial charge >= 0.3 is 0 Å². The van der Waals surface area contributed by atoms with Gasteiger partial charge in [-0.2, -0.15) is 0 Å². The monoisotopic (exact) mass is 229 g/mol. The first-order valence-electron chi connectivity index (χ1n) is 5.01. The largest absolute Gasteiger partial charge is 0.349 e. The third kappa shape index (κ3) is 2.03. The summed E-state index contributed by atoms with van der Waals surface area (Å²) in [5.74, 6) is -4.09. The molecule has 1 unspecified atom stereocenters. The van der Waals surface area contributed by atoms with Crippen molar-refractivity contribution in [2.24, 2.45) is 0 Å². The number of carbonyl (C=O) groups is 1. The van der Waals surface area contributed by atoms with Gasteiger partial charge in [0.25, 0.3) is 0 Å². The Labute approximate surface area is 90.5 Å². The molecule has 1 aromatic rings. The third-order valence-corrected chi connectivity index (χ3v) is 2.64. The van der Waals surface area contributed by atoms with Crippen molar-refractivity contribution in [1.29, 1.82) is 0 Å². The molecule has 1 atom stereocenters. The Morgan fingerprint density at radius 2 is 1.81 bits per heavy atom. The molecule has 1 aliphatic heterocycles. The average Bonchev–Trinajstić information content (AvgIpc) is 2.25. The van der Waals surface area contributed by atoms with Crippen LogP contribution < -0.4 is 5.32 Å². The number of hydrogen-bond acceptors (Lipinski definition) is 1. The lowest BCUT2D eigenvalue weighted by molar-refractivity contribution is -0.123. The lowest BCUT2D eigenvalue weighted by Gasteiger charge is -2.23. The normalized spacial score (nSPS) is 20.7. The number of carbonyl (C=O) groups excluding carboxylic acids is 1. The van der Waals surface area contributed by atoms with Crippen molar-refractivity contribution in [3.63, 3.8) is 0 Å². The van der Waals surface area contributed by atoms with Crippen molar-refractivity contribution in [2.45, 2.75) is 25.3 Å². The van der Waals surface area contributed by atoms with Crippen LogP contribution >= 0.6 is 0 Å². The molecule has 1 aliphatic rings. The van der Waals surface area contributed by atoms with E-state index >= 15 is 0 Å². The molecule has 2 nitrogen and oxygen atoms in total. The van der Waals surface area contributed by atoms with Crippen LogP contribution in [0.1, 0.15) is 30.9 Å². The predicted octanol–water partition coefficient (Wildman–Crippen LogP) is 2.45. The van der Waals surface area contributed by atoms with Crippen LogP contribution in [0.25, 0.3) is 0 Å². The molecule has 86 valence electrons. The van der Waals surface area contributed by atoms with Crippen molar-refractivity contribution in [1.82, 2.24) is 5.32 Å². The lowest BCUT2D eigenvalue weighted by Crippen LogP contribution is -2.32. The van der Waals surface area contributed by atoms with Crippen LogP contribution in [0.4, 0.5) is 13.2 Å². The first-order valence-corrected chi connectivity index (χ1v) is 5.01. The van der Waals surface area contributed by atoms with Gasteiger partial charge in [-0.25, -0.2) is 13.2 Å². The van der Waals surface area contributed by atoms with Gasteiger partial charge in [0.15, 0.2) is 17.5 Å². The zero-order valence-electron chi connectivity index (χ0n) is 8.40. The van der Waals surface area contributed by atoms with Gasteiger partial charge in [-0.15, -0.1) is 0 Å². The summed E-state index contributed by atoms with van der Waals surface area (Å²) >= 11 is 0. The molecule has 0 spiro atoms. The molecule has 1 saturated heterocycles. The first-order chi connectivity index (χ1) is 7.58. The van der Waals surface area contributed by atoms with E-state index in [0.29, 0.717) is 19.3 Å². The Morgan fingerprint density at radius 3 is 2.38 bits per heavy atom. The number of hydrogen-bond donors (Lipinski definition) is 1. The zero-order chi connectivity index (χ0) is 11.7. The molecule has 1 amide bonds. The molecule has 2 rings (SSSR count). The minimum absolute atomic E-state index is 0.151. The Hall–Kier alpha value is -1.52. The molecule has 1 fully saturated rings. The van der Waals surface area contributed by atoms with Gasteiger partial charge in [-0.05, 0) is 30.5 Å². The van der Waals surface area contributed by atoms with Crippen molar-refractivity contribution in [2.75, 3.05) is 0 Å². The molecule has 0 radical (unpaired) electrons. The minimum Gasteiger partial charge on any atom is -0.349 e. The van der Waals surface area contributed by atoms with E-state index in [4.69, 9.17) is 0 Å². The second-order valence-corrected chi connectivity index (χ2v) is 3.81. The molecule has 1 N–H and O–H groups in total. The molecule has 5 heteroatoms. The van der Waals surface area contributed by atoms with E-state index in [0.717, 1.165) is 12.1 Å². The number of amides is 1. The molecular formula is C11H10F3NO. The van der Waals surface area contributed by atoms with Gasteiger partial charge in [0.05, 0.1) is 6.04 Å². The lowest BCUT2D eigenvalue weighted by atomic mass is 9.97. The molecule has 16 heavy (non-hydrogen) atoms. The second kappa shape index (κ2) is 4.15. The van der Waals surface area contributed by atoms with Crippen LogP contribution in [-0.4, -0.2) is 5.91 Å². The highest BCUT2D eigenvalue weighted by atomic mass is 19.2. The summed E-state index contributed by atoms with van der Waals surface area (Å²) in [6, 6.07) is 1.43. The van der Waals surface area contributed by atoms with E-state index in [-0.39, 0.29) is 11.5 Å². The van der Waals surface area contributed by atoms with E-state index in [2.05, 4.69) is 5.32 Å². The Balaban J connectivity index is 2.30. The van der Waals surface area contributed by atoms with E-state index < -0.39 is 23.5 Å². The van der Waals surface area contributed by atoms with Crippen LogP contribution in [0.3, 0.4) is 0 Å². The number of piperidine rings is 1. The van der Waals surface area contributed by atoms with Crippen LogP contribution in [0.15, 0.2) is 12.1 Å². The van der Waals surface area contributed by atoms with Crippen molar-refractivity contribution < 1.29 is 18.0 Å². The van der Waals surface area contributed by atoms with Crippen LogP contribution in [0, 0.1) is 17.5 Å². The maximum absolute atomic E-state index is 13.0. The summed E-state index contributed by atoms with van der Waals surface area (Å²) < 4.78 is 38.6. The highest BCUT2D eigenvalue weighted by Gasteiger charge is 2.22. The van der Waals surface area contributed by atoms with Gasteiger partial charge in [0.2, 0.25) is 5.91 Å². The van der Waals surface area contributed by atoms with Crippen LogP contribution in [-0.2, 0) is 4.79 Å². The fourth-order valence-corrected chi connectivity index (χ4v) is 1.83. The highest BCUT2D eigenvalue weighted by Crippen LogP contribution is 2.25. The summed E-state index contributed by atoms with van der Waals surface area (Å²) in [6.07, 6.45) is 1.69. The average molecular weight is 229 g/mol. The van der Waals surface area contributed by atoms with Gasteiger partial charge in [-0.3, -0.25) is 4.79 Å². The maximum atomic E-state index is 13.0. The van der Waals surface area contributed by atoms with Crippen LogP contribution in [0.2, 0.25) is 0 Å². The molecule has 0 saturated carbocycles. The van der Waals surface area contributed by atoms with Gasteiger partial charge in [-0.1, -0.05) is 0 Å². The second-order valence-electron chi connectivity index (χ2n) is 3.81. The predicted molar refractivity (Wildman–Crippen MR) is 51.1 cm³/mol. The Kier molecular flexibility index (Phi) is 2.85. The van der Waals surface area contributed by atoms with E-state index in [1.54, 1.807) is 0 Å². The van der Waals surface area contributed by atoms with Gasteiger partial charge in [0.1, 0.15) is 0 Å². The summed E-state index contributed by atoms with van der Waals surface area (Å²) in [5, 5.41) is 2.61. The van der Waals surface area contributed by atoms with E-state index in [1.807, 2.05) is 0 Å². The number of nitrogens with one attached hydrogen (secondary N) is 1. The van der Waals surface area contributed by atoms with Crippen molar-refractivity contribution in [3.05, 3.63) is 35.1 Å². The maximum Gasteiger partial charge on any atom is 0.220 e. The fourth-order valence-electron chi connectivity index (χ4n) is 1.83. The van der Waals surface area contributed by atoms with Gasteiger partial charge < -0.3 is 5.32 Å². The molecule has 0 aliphatic carbocycles.